The Morgan fingerprint density at radius 1 is 1.10 bits per heavy atom. The van der Waals surface area contributed by atoms with Gasteiger partial charge in [0.1, 0.15) is 10.7 Å². The minimum Gasteiger partial charge on any atom is -0.349 e. The van der Waals surface area contributed by atoms with Gasteiger partial charge in [-0.25, -0.2) is 4.98 Å². The van der Waals surface area contributed by atoms with Crippen LogP contribution in [0.25, 0.3) is 9.88 Å². The third-order valence-electron chi connectivity index (χ3n) is 5.24. The van der Waals surface area contributed by atoms with E-state index in [2.05, 4.69) is 10.3 Å². The van der Waals surface area contributed by atoms with Crippen molar-refractivity contribution >= 4 is 46.1 Å². The van der Waals surface area contributed by atoms with Crippen LogP contribution in [0.5, 0.6) is 0 Å². The van der Waals surface area contributed by atoms with Gasteiger partial charge in [0.15, 0.2) is 0 Å². The van der Waals surface area contributed by atoms with Crippen LogP contribution in [-0.2, 0) is 6.54 Å². The Morgan fingerprint density at radius 2 is 1.87 bits per heavy atom. The molecule has 30 heavy (non-hydrogen) atoms. The molecular formula is C22H20ClN3O2S2. The largest absolute Gasteiger partial charge is 0.349 e. The van der Waals surface area contributed by atoms with Crippen molar-refractivity contribution in [2.24, 2.45) is 0 Å². The number of amides is 2. The van der Waals surface area contributed by atoms with Crippen LogP contribution in [0, 0.1) is 0 Å². The van der Waals surface area contributed by atoms with Gasteiger partial charge in [-0.3, -0.25) is 9.59 Å². The van der Waals surface area contributed by atoms with Gasteiger partial charge in [0, 0.05) is 29.6 Å². The molecule has 0 saturated heterocycles. The maximum Gasteiger partial charge on any atom is 0.273 e. The smallest absolute Gasteiger partial charge is 0.273 e. The van der Waals surface area contributed by atoms with Crippen molar-refractivity contribution in [3.05, 3.63) is 62.9 Å². The summed E-state index contributed by atoms with van der Waals surface area (Å²) in [5, 5.41) is 5.64. The predicted octanol–water partition coefficient (Wildman–Crippen LogP) is 5.22. The van der Waals surface area contributed by atoms with E-state index >= 15 is 0 Å². The van der Waals surface area contributed by atoms with Gasteiger partial charge in [0.05, 0.1) is 9.21 Å². The number of aromatic nitrogens is 1. The average molecular weight is 458 g/mol. The summed E-state index contributed by atoms with van der Waals surface area (Å²) in [6.07, 6.45) is 4.18. The number of carbonyl (C=O) groups is 2. The summed E-state index contributed by atoms with van der Waals surface area (Å²) < 4.78 is 0.710. The topological polar surface area (TPSA) is 62.3 Å². The van der Waals surface area contributed by atoms with Crippen molar-refractivity contribution < 1.29 is 9.59 Å². The van der Waals surface area contributed by atoms with Crippen LogP contribution >= 0.6 is 34.3 Å². The van der Waals surface area contributed by atoms with Crippen molar-refractivity contribution in [3.8, 4) is 9.88 Å². The molecule has 0 radical (unpaired) electrons. The van der Waals surface area contributed by atoms with E-state index in [1.165, 1.54) is 22.7 Å². The molecule has 2 aliphatic rings. The first kappa shape index (κ1) is 19.7. The minimum absolute atomic E-state index is 0.0251. The fraction of sp³-hybridized carbons (Fsp3) is 0.318. The molecule has 8 heteroatoms. The summed E-state index contributed by atoms with van der Waals surface area (Å²) in [5.74, 6) is -0.0685. The third-order valence-corrected chi connectivity index (χ3v) is 7.48. The van der Waals surface area contributed by atoms with Crippen LogP contribution in [-0.4, -0.2) is 33.8 Å². The summed E-state index contributed by atoms with van der Waals surface area (Å²) in [5.41, 5.74) is 2.15. The Bertz CT molecular complexity index is 1080. The molecule has 2 heterocycles. The highest BCUT2D eigenvalue weighted by molar-refractivity contribution is 7.23. The van der Waals surface area contributed by atoms with Crippen LogP contribution in [0.1, 0.15) is 52.1 Å². The van der Waals surface area contributed by atoms with Crippen LogP contribution in [0.3, 0.4) is 0 Å². The molecule has 0 aliphatic heterocycles. The number of benzene rings is 1. The number of rotatable bonds is 7. The van der Waals surface area contributed by atoms with E-state index < -0.39 is 0 Å². The van der Waals surface area contributed by atoms with Gasteiger partial charge in [0.25, 0.3) is 11.8 Å². The lowest BCUT2D eigenvalue weighted by atomic mass is 10.1. The lowest BCUT2D eigenvalue weighted by Crippen LogP contribution is -2.32. The highest BCUT2D eigenvalue weighted by Crippen LogP contribution is 2.34. The Labute approximate surface area is 187 Å². The number of thiophene rings is 1. The van der Waals surface area contributed by atoms with Crippen molar-refractivity contribution in [2.45, 2.75) is 44.3 Å². The fourth-order valence-corrected chi connectivity index (χ4v) is 5.18. The molecule has 0 spiro atoms. The zero-order valence-corrected chi connectivity index (χ0v) is 18.5. The average Bonchev–Trinajstić information content (AvgIpc) is 3.66. The number of hydrogen-bond acceptors (Lipinski definition) is 5. The minimum atomic E-state index is -0.0433. The lowest BCUT2D eigenvalue weighted by molar-refractivity contribution is 0.0724. The molecule has 1 N–H and O–H groups in total. The van der Waals surface area contributed by atoms with E-state index in [-0.39, 0.29) is 17.9 Å². The molecule has 0 atom stereocenters. The third kappa shape index (κ3) is 4.43. The monoisotopic (exact) mass is 457 g/mol. The zero-order valence-electron chi connectivity index (χ0n) is 16.1. The maximum atomic E-state index is 13.2. The first-order valence-electron chi connectivity index (χ1n) is 9.99. The van der Waals surface area contributed by atoms with E-state index in [0.29, 0.717) is 28.2 Å². The van der Waals surface area contributed by atoms with Gasteiger partial charge in [0.2, 0.25) is 0 Å². The molecule has 3 aromatic rings. The Balaban J connectivity index is 1.29. The van der Waals surface area contributed by atoms with Crippen molar-refractivity contribution in [1.82, 2.24) is 15.2 Å². The number of nitrogens with one attached hydrogen (secondary N) is 1. The summed E-state index contributed by atoms with van der Waals surface area (Å²) in [7, 11) is 0. The first-order valence-corrected chi connectivity index (χ1v) is 12.1. The van der Waals surface area contributed by atoms with Crippen LogP contribution in [0.2, 0.25) is 4.34 Å². The van der Waals surface area contributed by atoms with Gasteiger partial charge in [-0.2, -0.15) is 0 Å². The van der Waals surface area contributed by atoms with Crippen molar-refractivity contribution in [2.75, 3.05) is 0 Å². The van der Waals surface area contributed by atoms with E-state index in [1.54, 1.807) is 0 Å². The van der Waals surface area contributed by atoms with E-state index in [0.717, 1.165) is 41.1 Å². The molecule has 5 rings (SSSR count). The quantitative estimate of drug-likeness (QED) is 0.529. The highest BCUT2D eigenvalue weighted by atomic mass is 35.5. The Kier molecular flexibility index (Phi) is 5.35. The van der Waals surface area contributed by atoms with E-state index in [9.17, 15) is 9.59 Å². The molecule has 0 unspecified atom stereocenters. The zero-order chi connectivity index (χ0) is 20.7. The molecule has 1 aromatic carbocycles. The van der Waals surface area contributed by atoms with Crippen LogP contribution in [0.15, 0.2) is 41.8 Å². The van der Waals surface area contributed by atoms with Gasteiger partial charge in [-0.1, -0.05) is 23.7 Å². The molecule has 2 aliphatic carbocycles. The van der Waals surface area contributed by atoms with Crippen LogP contribution in [0.4, 0.5) is 0 Å². The second-order valence-corrected chi connectivity index (χ2v) is 10.3. The molecule has 154 valence electrons. The predicted molar refractivity (Wildman–Crippen MR) is 120 cm³/mol. The Morgan fingerprint density at radius 3 is 2.50 bits per heavy atom. The van der Waals surface area contributed by atoms with Crippen LogP contribution < -0.4 is 5.32 Å². The second kappa shape index (κ2) is 8.13. The second-order valence-electron chi connectivity index (χ2n) is 7.75. The van der Waals surface area contributed by atoms with Gasteiger partial charge < -0.3 is 10.2 Å². The standard InChI is InChI=1S/C22H20ClN3O2S2/c23-19-10-9-18(30-19)21-25-17(12-29-21)22(28)26(16-7-8-16)11-13-1-3-14(4-2-13)20(27)24-15-5-6-15/h1-4,9-10,12,15-16H,5-8,11H2,(H,24,27). The fourth-order valence-electron chi connectivity index (χ4n) is 3.27. The van der Waals surface area contributed by atoms with Crippen molar-refractivity contribution in [1.29, 1.82) is 0 Å². The summed E-state index contributed by atoms with van der Waals surface area (Å²) in [6, 6.07) is 11.9. The van der Waals surface area contributed by atoms with Gasteiger partial charge in [-0.15, -0.1) is 22.7 Å². The highest BCUT2D eigenvalue weighted by Gasteiger charge is 2.34. The molecule has 2 aromatic heterocycles. The SMILES string of the molecule is O=C(NC1CC1)c1ccc(CN(C(=O)c2csc(-c3ccc(Cl)s3)n2)C2CC2)cc1. The maximum absolute atomic E-state index is 13.2. The molecule has 2 amide bonds. The number of nitrogens with zero attached hydrogens (tertiary/aromatic N) is 2. The molecule has 0 bridgehead atoms. The molecule has 2 saturated carbocycles. The first-order chi connectivity index (χ1) is 14.6. The van der Waals surface area contributed by atoms with E-state index in [1.807, 2.05) is 46.7 Å². The lowest BCUT2D eigenvalue weighted by Gasteiger charge is -2.21. The summed E-state index contributed by atoms with van der Waals surface area (Å²) >= 11 is 8.95. The summed E-state index contributed by atoms with van der Waals surface area (Å²) in [4.78, 5) is 32.8. The normalized spacial score (nSPS) is 15.8. The Hall–Kier alpha value is -2.22. The van der Waals surface area contributed by atoms with Gasteiger partial charge in [-0.05, 0) is 55.5 Å². The molecular weight excluding hydrogens is 438 g/mol. The van der Waals surface area contributed by atoms with Crippen molar-refractivity contribution in [3.63, 3.8) is 0 Å². The summed E-state index contributed by atoms with van der Waals surface area (Å²) in [6.45, 7) is 0.520. The number of thiazole rings is 1. The molecule has 5 nitrogen and oxygen atoms in total. The van der Waals surface area contributed by atoms with Gasteiger partial charge >= 0.3 is 0 Å². The number of hydrogen-bond donors (Lipinski definition) is 1. The molecule has 2 fully saturated rings. The number of carbonyl (C=O) groups excluding carboxylic acids is 2. The van der Waals surface area contributed by atoms with E-state index in [4.69, 9.17) is 11.6 Å². The number of halogens is 1.